The molecule has 0 spiro atoms. The number of sulfonamides is 1. The van der Waals surface area contributed by atoms with Crippen LogP contribution in [0.15, 0.2) is 23.1 Å². The third-order valence-corrected chi connectivity index (χ3v) is 5.07. The number of hydrogen-bond donors (Lipinski definition) is 2. The molecule has 22 heavy (non-hydrogen) atoms. The van der Waals surface area contributed by atoms with Gasteiger partial charge in [0.1, 0.15) is 0 Å². The second-order valence-electron chi connectivity index (χ2n) is 5.05. The number of carboxylic acid groups (broad SMARTS) is 1. The molecular weight excluding hydrogens is 332 g/mol. The van der Waals surface area contributed by atoms with Crippen molar-refractivity contribution in [3.63, 3.8) is 0 Å². The second kappa shape index (κ2) is 6.93. The van der Waals surface area contributed by atoms with E-state index in [1.54, 1.807) is 0 Å². The van der Waals surface area contributed by atoms with Gasteiger partial charge in [-0.15, -0.1) is 0 Å². The molecule has 1 aliphatic heterocycles. The summed E-state index contributed by atoms with van der Waals surface area (Å²) in [6.07, 6.45) is -0.236. The molecule has 1 fully saturated rings. The van der Waals surface area contributed by atoms with E-state index in [0.717, 1.165) is 12.6 Å². The molecule has 7 nitrogen and oxygen atoms in total. The van der Waals surface area contributed by atoms with E-state index >= 15 is 0 Å². The number of carboxylic acids is 1. The monoisotopic (exact) mass is 348 g/mol. The number of ether oxygens (including phenoxy) is 1. The molecule has 0 saturated carbocycles. The zero-order chi connectivity index (χ0) is 16.3. The number of carbonyl (C=O) groups is 1. The average molecular weight is 349 g/mol. The fourth-order valence-electron chi connectivity index (χ4n) is 2.11. The lowest BCUT2D eigenvalue weighted by Crippen LogP contribution is -2.45. The number of benzene rings is 1. The van der Waals surface area contributed by atoms with Crippen molar-refractivity contribution in [3.05, 3.63) is 28.8 Å². The van der Waals surface area contributed by atoms with Gasteiger partial charge < -0.3 is 14.7 Å². The second-order valence-corrected chi connectivity index (χ2v) is 7.23. The average Bonchev–Trinajstić information content (AvgIpc) is 2.45. The molecule has 0 aliphatic carbocycles. The summed E-state index contributed by atoms with van der Waals surface area (Å²) < 4.78 is 32.4. The van der Waals surface area contributed by atoms with Crippen LogP contribution in [0.4, 0.5) is 0 Å². The van der Waals surface area contributed by atoms with Gasteiger partial charge in [0.2, 0.25) is 10.0 Å². The summed E-state index contributed by atoms with van der Waals surface area (Å²) in [6, 6.07) is 3.57. The lowest BCUT2D eigenvalue weighted by Gasteiger charge is -2.30. The van der Waals surface area contributed by atoms with E-state index in [1.807, 2.05) is 11.9 Å². The predicted octanol–water partition coefficient (Wildman–Crippen LogP) is 0.647. The molecule has 2 N–H and O–H groups in total. The van der Waals surface area contributed by atoms with Crippen molar-refractivity contribution < 1.29 is 23.1 Å². The molecule has 0 amide bonds. The van der Waals surface area contributed by atoms with Crippen LogP contribution in [0.1, 0.15) is 10.4 Å². The van der Waals surface area contributed by atoms with E-state index in [4.69, 9.17) is 21.4 Å². The molecule has 2 rings (SSSR count). The van der Waals surface area contributed by atoms with Crippen LogP contribution in [-0.4, -0.2) is 63.8 Å². The van der Waals surface area contributed by atoms with Gasteiger partial charge in [-0.25, -0.2) is 17.9 Å². The Hall–Kier alpha value is -1.19. The maximum Gasteiger partial charge on any atom is 0.337 e. The Balaban J connectivity index is 2.10. The SMILES string of the molecule is CN1CCOC(CNS(=O)(=O)c2ccc(Cl)c(C(=O)O)c2)C1. The largest absolute Gasteiger partial charge is 0.478 e. The van der Waals surface area contributed by atoms with Gasteiger partial charge in [0.05, 0.1) is 28.2 Å². The summed E-state index contributed by atoms with van der Waals surface area (Å²) in [5.41, 5.74) is -0.252. The molecule has 0 radical (unpaired) electrons. The zero-order valence-corrected chi connectivity index (χ0v) is 13.5. The fraction of sp³-hybridized carbons (Fsp3) is 0.462. The van der Waals surface area contributed by atoms with Crippen molar-refractivity contribution in [2.45, 2.75) is 11.0 Å². The summed E-state index contributed by atoms with van der Waals surface area (Å²) in [7, 11) is -1.89. The number of morpholine rings is 1. The minimum absolute atomic E-state index is 0.0105. The van der Waals surface area contributed by atoms with E-state index in [1.165, 1.54) is 12.1 Å². The minimum atomic E-state index is -3.82. The normalized spacial score (nSPS) is 20.0. The van der Waals surface area contributed by atoms with Gasteiger partial charge in [0.25, 0.3) is 0 Å². The molecule has 1 heterocycles. The van der Waals surface area contributed by atoms with Gasteiger partial charge in [0, 0.05) is 19.6 Å². The fourth-order valence-corrected chi connectivity index (χ4v) is 3.40. The lowest BCUT2D eigenvalue weighted by molar-refractivity contribution is -0.0156. The van der Waals surface area contributed by atoms with E-state index in [0.29, 0.717) is 13.2 Å². The smallest absolute Gasteiger partial charge is 0.337 e. The van der Waals surface area contributed by atoms with Crippen LogP contribution in [0.5, 0.6) is 0 Å². The van der Waals surface area contributed by atoms with Gasteiger partial charge in [-0.05, 0) is 25.2 Å². The van der Waals surface area contributed by atoms with Crippen molar-refractivity contribution >= 4 is 27.6 Å². The van der Waals surface area contributed by atoms with E-state index < -0.39 is 16.0 Å². The van der Waals surface area contributed by atoms with Crippen molar-refractivity contribution in [1.82, 2.24) is 9.62 Å². The van der Waals surface area contributed by atoms with Crippen LogP contribution in [0, 0.1) is 0 Å². The Labute approximate surface area is 133 Å². The van der Waals surface area contributed by atoms with E-state index in [9.17, 15) is 13.2 Å². The molecule has 1 atom stereocenters. The van der Waals surface area contributed by atoms with E-state index in [2.05, 4.69) is 4.72 Å². The van der Waals surface area contributed by atoms with Crippen LogP contribution in [0.25, 0.3) is 0 Å². The van der Waals surface area contributed by atoms with Gasteiger partial charge in [-0.2, -0.15) is 0 Å². The van der Waals surface area contributed by atoms with E-state index in [-0.39, 0.29) is 28.1 Å². The number of aromatic carboxylic acids is 1. The Kier molecular flexibility index (Phi) is 5.41. The molecule has 1 aromatic carbocycles. The Morgan fingerprint density at radius 1 is 1.55 bits per heavy atom. The molecule has 1 unspecified atom stereocenters. The molecule has 1 saturated heterocycles. The molecular formula is C13H17ClN2O5S. The van der Waals surface area contributed by atoms with Gasteiger partial charge in [-0.3, -0.25) is 0 Å². The highest BCUT2D eigenvalue weighted by molar-refractivity contribution is 7.89. The van der Waals surface area contributed by atoms with Crippen molar-refractivity contribution in [2.24, 2.45) is 0 Å². The number of halogens is 1. The zero-order valence-electron chi connectivity index (χ0n) is 12.0. The first-order chi connectivity index (χ1) is 10.3. The van der Waals surface area contributed by atoms with Crippen molar-refractivity contribution in [1.29, 1.82) is 0 Å². The van der Waals surface area contributed by atoms with Crippen LogP contribution < -0.4 is 4.72 Å². The lowest BCUT2D eigenvalue weighted by atomic mass is 10.2. The van der Waals surface area contributed by atoms with Crippen LogP contribution >= 0.6 is 11.6 Å². The number of nitrogens with one attached hydrogen (secondary N) is 1. The summed E-state index contributed by atoms with van der Waals surface area (Å²) in [6.45, 7) is 2.11. The number of hydrogen-bond acceptors (Lipinski definition) is 5. The molecule has 1 aromatic rings. The third kappa shape index (κ3) is 4.17. The van der Waals surface area contributed by atoms with Crippen LogP contribution in [0.3, 0.4) is 0 Å². The standard InChI is InChI=1S/C13H17ClN2O5S/c1-16-4-5-21-9(8-16)7-15-22(19,20)10-2-3-12(14)11(6-10)13(17)18/h2-3,6,9,15H,4-5,7-8H2,1H3,(H,17,18). The quantitative estimate of drug-likeness (QED) is 0.811. The summed E-state index contributed by atoms with van der Waals surface area (Å²) in [5.74, 6) is -1.28. The Morgan fingerprint density at radius 2 is 2.27 bits per heavy atom. The highest BCUT2D eigenvalue weighted by Crippen LogP contribution is 2.20. The van der Waals surface area contributed by atoms with Gasteiger partial charge >= 0.3 is 5.97 Å². The molecule has 0 aromatic heterocycles. The van der Waals surface area contributed by atoms with Crippen LogP contribution in [-0.2, 0) is 14.8 Å². The minimum Gasteiger partial charge on any atom is -0.478 e. The summed E-state index contributed by atoms with van der Waals surface area (Å²) in [5, 5.41) is 8.98. The van der Waals surface area contributed by atoms with Crippen molar-refractivity contribution in [3.8, 4) is 0 Å². The van der Waals surface area contributed by atoms with Crippen molar-refractivity contribution in [2.75, 3.05) is 33.3 Å². The number of rotatable bonds is 5. The predicted molar refractivity (Wildman–Crippen MR) is 80.8 cm³/mol. The highest BCUT2D eigenvalue weighted by atomic mass is 35.5. The van der Waals surface area contributed by atoms with Crippen LogP contribution in [0.2, 0.25) is 5.02 Å². The summed E-state index contributed by atoms with van der Waals surface area (Å²) >= 11 is 5.73. The van der Waals surface area contributed by atoms with Gasteiger partial charge in [-0.1, -0.05) is 11.6 Å². The Morgan fingerprint density at radius 3 is 2.91 bits per heavy atom. The third-order valence-electron chi connectivity index (χ3n) is 3.32. The maximum absolute atomic E-state index is 12.2. The number of likely N-dealkylation sites (N-methyl/N-ethyl adjacent to an activating group) is 1. The summed E-state index contributed by atoms with van der Waals surface area (Å²) in [4.78, 5) is 12.9. The van der Waals surface area contributed by atoms with Gasteiger partial charge in [0.15, 0.2) is 0 Å². The topological polar surface area (TPSA) is 95.9 Å². The highest BCUT2D eigenvalue weighted by Gasteiger charge is 2.22. The Bertz CT molecular complexity index is 664. The maximum atomic E-state index is 12.2. The molecule has 0 bridgehead atoms. The molecule has 122 valence electrons. The number of nitrogens with zero attached hydrogens (tertiary/aromatic N) is 1. The first-order valence-electron chi connectivity index (χ1n) is 6.62. The molecule has 1 aliphatic rings. The molecule has 9 heteroatoms. The first-order valence-corrected chi connectivity index (χ1v) is 8.48. The first kappa shape index (κ1) is 17.2.